The summed E-state index contributed by atoms with van der Waals surface area (Å²) in [7, 11) is 1.93. The van der Waals surface area contributed by atoms with Crippen LogP contribution >= 0.6 is 27.5 Å². The van der Waals surface area contributed by atoms with Crippen LogP contribution in [0.1, 0.15) is 0 Å². The fraction of sp³-hybridized carbons (Fsp3) is 0.167. The minimum Gasteiger partial charge on any atom is -0.332 e. The maximum Gasteiger partial charge on any atom is 0.209 e. The van der Waals surface area contributed by atoms with Gasteiger partial charge in [0.05, 0.1) is 18.2 Å². The van der Waals surface area contributed by atoms with Gasteiger partial charge in [-0.05, 0) is 27.5 Å². The zero-order valence-electron chi connectivity index (χ0n) is 6.23. The van der Waals surface area contributed by atoms with Gasteiger partial charge in [-0.1, -0.05) is 0 Å². The number of aromatic nitrogens is 4. The molecule has 2 rings (SSSR count). The van der Waals surface area contributed by atoms with Gasteiger partial charge in [-0.25, -0.2) is 9.97 Å². The van der Waals surface area contributed by atoms with Gasteiger partial charge in [0, 0.05) is 7.05 Å². The van der Waals surface area contributed by atoms with E-state index in [0.717, 1.165) is 10.7 Å². The van der Waals surface area contributed by atoms with E-state index in [1.165, 1.54) is 11.5 Å². The van der Waals surface area contributed by atoms with Crippen molar-refractivity contribution in [2.75, 3.05) is 0 Å². The normalized spacial score (nSPS) is 10.5. The van der Waals surface area contributed by atoms with E-state index in [2.05, 4.69) is 30.3 Å². The average Bonchev–Trinajstić information content (AvgIpc) is 2.58. The predicted octanol–water partition coefficient (Wildman–Crippen LogP) is 1.70. The van der Waals surface area contributed by atoms with E-state index in [0.29, 0.717) is 4.73 Å². The summed E-state index contributed by atoms with van der Waals surface area (Å²) in [6.45, 7) is 0. The molecule has 0 radical (unpaired) electrons. The molecular weight excluding hydrogens is 240 g/mol. The third-order valence-electron chi connectivity index (χ3n) is 1.44. The first-order valence-corrected chi connectivity index (χ1v) is 4.80. The zero-order chi connectivity index (χ0) is 8.55. The molecule has 0 N–H and O–H groups in total. The maximum atomic E-state index is 4.18. The number of imidazole rings is 1. The molecular formula is C6H5BrN4S. The van der Waals surface area contributed by atoms with Crippen LogP contribution in [-0.2, 0) is 7.05 Å². The fourth-order valence-corrected chi connectivity index (χ4v) is 2.00. The van der Waals surface area contributed by atoms with Crippen molar-refractivity contribution >= 4 is 27.5 Å². The van der Waals surface area contributed by atoms with Crippen LogP contribution in [0, 0.1) is 0 Å². The second kappa shape index (κ2) is 2.95. The number of rotatable bonds is 1. The lowest BCUT2D eigenvalue weighted by molar-refractivity contribution is 0.919. The van der Waals surface area contributed by atoms with Crippen LogP contribution < -0.4 is 0 Å². The molecule has 0 saturated carbocycles. The Hall–Kier alpha value is -0.750. The summed E-state index contributed by atoms with van der Waals surface area (Å²) in [5, 5.41) is 0.877. The van der Waals surface area contributed by atoms with Crippen LogP contribution in [-0.4, -0.2) is 18.9 Å². The molecule has 0 fully saturated rings. The summed E-state index contributed by atoms with van der Waals surface area (Å²) in [5.41, 5.74) is 0.984. The molecule has 0 aliphatic carbocycles. The van der Waals surface area contributed by atoms with Gasteiger partial charge < -0.3 is 4.57 Å². The molecule has 0 aromatic carbocycles. The molecule has 12 heavy (non-hydrogen) atoms. The summed E-state index contributed by atoms with van der Waals surface area (Å²) >= 11 is 4.55. The SMILES string of the molecule is Cn1cncc1-c1nc(Br)ns1. The average molecular weight is 245 g/mol. The Morgan fingerprint density at radius 3 is 2.92 bits per heavy atom. The van der Waals surface area contributed by atoms with Gasteiger partial charge in [0.1, 0.15) is 0 Å². The van der Waals surface area contributed by atoms with E-state index in [9.17, 15) is 0 Å². The van der Waals surface area contributed by atoms with Crippen molar-refractivity contribution in [3.05, 3.63) is 17.3 Å². The number of hydrogen-bond acceptors (Lipinski definition) is 4. The molecule has 0 atom stereocenters. The quantitative estimate of drug-likeness (QED) is 0.768. The maximum absolute atomic E-state index is 4.18. The number of halogens is 1. The Balaban J connectivity index is 2.50. The van der Waals surface area contributed by atoms with Crippen molar-refractivity contribution in [3.63, 3.8) is 0 Å². The third-order valence-corrected chi connectivity index (χ3v) is 2.76. The van der Waals surface area contributed by atoms with Gasteiger partial charge in [0.15, 0.2) is 5.01 Å². The first-order valence-electron chi connectivity index (χ1n) is 3.23. The van der Waals surface area contributed by atoms with E-state index in [4.69, 9.17) is 0 Å². The number of nitrogens with zero attached hydrogens (tertiary/aromatic N) is 4. The lowest BCUT2D eigenvalue weighted by Gasteiger charge is -1.93. The van der Waals surface area contributed by atoms with Crippen LogP contribution in [0.2, 0.25) is 0 Å². The molecule has 0 saturated heterocycles. The molecule has 2 heterocycles. The highest BCUT2D eigenvalue weighted by Crippen LogP contribution is 2.21. The van der Waals surface area contributed by atoms with Gasteiger partial charge in [0.2, 0.25) is 4.73 Å². The van der Waals surface area contributed by atoms with Gasteiger partial charge in [-0.2, -0.15) is 4.37 Å². The minimum absolute atomic E-state index is 0.628. The third kappa shape index (κ3) is 1.27. The highest BCUT2D eigenvalue weighted by molar-refractivity contribution is 9.10. The molecule has 0 spiro atoms. The highest BCUT2D eigenvalue weighted by atomic mass is 79.9. The summed E-state index contributed by atoms with van der Waals surface area (Å²) in [5.74, 6) is 0. The zero-order valence-corrected chi connectivity index (χ0v) is 8.63. The first kappa shape index (κ1) is 7.88. The van der Waals surface area contributed by atoms with Gasteiger partial charge in [-0.3, -0.25) is 0 Å². The first-order chi connectivity index (χ1) is 5.77. The second-order valence-electron chi connectivity index (χ2n) is 2.26. The number of aryl methyl sites for hydroxylation is 1. The smallest absolute Gasteiger partial charge is 0.209 e. The summed E-state index contributed by atoms with van der Waals surface area (Å²) in [6, 6.07) is 0. The molecule has 4 nitrogen and oxygen atoms in total. The summed E-state index contributed by atoms with van der Waals surface area (Å²) < 4.78 is 6.56. The Morgan fingerprint density at radius 1 is 1.58 bits per heavy atom. The standard InChI is InChI=1S/C6H5BrN4S/c1-11-3-8-2-4(11)5-9-6(7)10-12-5/h2-3H,1H3. The lowest BCUT2D eigenvalue weighted by atomic mass is 10.5. The van der Waals surface area contributed by atoms with Crippen LogP contribution in [0.5, 0.6) is 0 Å². The molecule has 0 amide bonds. The van der Waals surface area contributed by atoms with Gasteiger partial charge >= 0.3 is 0 Å². The Bertz CT molecular complexity index is 394. The molecule has 2 aromatic rings. The molecule has 6 heteroatoms. The van der Waals surface area contributed by atoms with Crippen molar-refractivity contribution < 1.29 is 0 Å². The summed E-state index contributed by atoms with van der Waals surface area (Å²) in [6.07, 6.45) is 3.51. The predicted molar refractivity (Wildman–Crippen MR) is 49.8 cm³/mol. The van der Waals surface area contributed by atoms with Crippen LogP contribution in [0.3, 0.4) is 0 Å². The van der Waals surface area contributed by atoms with Crippen LogP contribution in [0.15, 0.2) is 17.3 Å². The van der Waals surface area contributed by atoms with Crippen molar-refractivity contribution in [2.45, 2.75) is 0 Å². The van der Waals surface area contributed by atoms with E-state index in [1.807, 2.05) is 11.6 Å². The Morgan fingerprint density at radius 2 is 2.42 bits per heavy atom. The molecule has 0 unspecified atom stereocenters. The van der Waals surface area contributed by atoms with E-state index >= 15 is 0 Å². The van der Waals surface area contributed by atoms with Gasteiger partial charge in [-0.15, -0.1) is 0 Å². The topological polar surface area (TPSA) is 43.6 Å². The Kier molecular flexibility index (Phi) is 1.93. The van der Waals surface area contributed by atoms with E-state index in [1.54, 1.807) is 12.5 Å². The molecule has 0 aliphatic heterocycles. The highest BCUT2D eigenvalue weighted by Gasteiger charge is 2.07. The van der Waals surface area contributed by atoms with Gasteiger partial charge in [0.25, 0.3) is 0 Å². The van der Waals surface area contributed by atoms with E-state index in [-0.39, 0.29) is 0 Å². The number of hydrogen-bond donors (Lipinski definition) is 0. The van der Waals surface area contributed by atoms with E-state index < -0.39 is 0 Å². The lowest BCUT2D eigenvalue weighted by Crippen LogP contribution is -1.87. The Labute approximate surface area is 81.6 Å². The molecule has 0 aliphatic rings. The van der Waals surface area contributed by atoms with Crippen LogP contribution in [0.4, 0.5) is 0 Å². The van der Waals surface area contributed by atoms with Crippen molar-refractivity contribution in [2.24, 2.45) is 7.05 Å². The van der Waals surface area contributed by atoms with Crippen LogP contribution in [0.25, 0.3) is 10.7 Å². The largest absolute Gasteiger partial charge is 0.332 e. The summed E-state index contributed by atoms with van der Waals surface area (Å²) in [4.78, 5) is 8.17. The molecule has 2 aromatic heterocycles. The minimum atomic E-state index is 0.628. The fourth-order valence-electron chi connectivity index (χ4n) is 0.873. The van der Waals surface area contributed by atoms with Crippen molar-refractivity contribution in [1.82, 2.24) is 18.9 Å². The molecule has 62 valence electrons. The monoisotopic (exact) mass is 244 g/mol. The molecule has 0 bridgehead atoms. The van der Waals surface area contributed by atoms with Crippen molar-refractivity contribution in [1.29, 1.82) is 0 Å². The van der Waals surface area contributed by atoms with Crippen molar-refractivity contribution in [3.8, 4) is 10.7 Å². The second-order valence-corrected chi connectivity index (χ2v) is 3.72.